The molecule has 0 fully saturated rings. The SMILES string of the molecule is Cc1nc(CNC(=O)N(CCCC(=O)O)C(C)C)oc1C. The number of aromatic nitrogens is 1. The van der Waals surface area contributed by atoms with Crippen LogP contribution in [0.4, 0.5) is 4.79 Å². The zero-order valence-electron chi connectivity index (χ0n) is 13.0. The van der Waals surface area contributed by atoms with Crippen molar-refractivity contribution in [2.45, 2.75) is 53.1 Å². The fourth-order valence-corrected chi connectivity index (χ4v) is 1.86. The van der Waals surface area contributed by atoms with E-state index in [4.69, 9.17) is 9.52 Å². The smallest absolute Gasteiger partial charge is 0.318 e. The summed E-state index contributed by atoms with van der Waals surface area (Å²) in [6.07, 6.45) is 0.479. The summed E-state index contributed by atoms with van der Waals surface area (Å²) >= 11 is 0. The number of carbonyl (C=O) groups is 2. The highest BCUT2D eigenvalue weighted by Gasteiger charge is 2.17. The highest BCUT2D eigenvalue weighted by molar-refractivity contribution is 5.74. The van der Waals surface area contributed by atoms with E-state index in [2.05, 4.69) is 10.3 Å². The number of hydrogen-bond acceptors (Lipinski definition) is 4. The predicted molar refractivity (Wildman–Crippen MR) is 76.9 cm³/mol. The lowest BCUT2D eigenvalue weighted by Gasteiger charge is -2.26. The van der Waals surface area contributed by atoms with E-state index in [1.165, 1.54) is 0 Å². The molecule has 7 nitrogen and oxygen atoms in total. The maximum absolute atomic E-state index is 12.1. The van der Waals surface area contributed by atoms with Crippen molar-refractivity contribution in [2.24, 2.45) is 0 Å². The first-order valence-corrected chi connectivity index (χ1v) is 7.00. The maximum Gasteiger partial charge on any atom is 0.318 e. The van der Waals surface area contributed by atoms with Crippen LogP contribution < -0.4 is 5.32 Å². The van der Waals surface area contributed by atoms with Crippen LogP contribution in [-0.2, 0) is 11.3 Å². The van der Waals surface area contributed by atoms with Crippen molar-refractivity contribution in [1.29, 1.82) is 0 Å². The Bertz CT molecular complexity index is 477. The Balaban J connectivity index is 2.50. The second kappa shape index (κ2) is 7.66. The average molecular weight is 297 g/mol. The molecule has 0 unspecified atom stereocenters. The third-order valence-electron chi connectivity index (χ3n) is 3.14. The van der Waals surface area contributed by atoms with Gasteiger partial charge in [-0.05, 0) is 34.1 Å². The highest BCUT2D eigenvalue weighted by atomic mass is 16.4. The topological polar surface area (TPSA) is 95.7 Å². The van der Waals surface area contributed by atoms with E-state index in [1.807, 2.05) is 27.7 Å². The molecule has 0 radical (unpaired) electrons. The van der Waals surface area contributed by atoms with E-state index >= 15 is 0 Å². The average Bonchev–Trinajstić information content (AvgIpc) is 2.70. The van der Waals surface area contributed by atoms with Gasteiger partial charge in [0.25, 0.3) is 0 Å². The molecular weight excluding hydrogens is 274 g/mol. The molecule has 2 N–H and O–H groups in total. The van der Waals surface area contributed by atoms with Crippen LogP contribution in [0.5, 0.6) is 0 Å². The third-order valence-corrected chi connectivity index (χ3v) is 3.14. The van der Waals surface area contributed by atoms with E-state index in [0.717, 1.165) is 11.5 Å². The number of carboxylic acids is 1. The first kappa shape index (κ1) is 17.0. The predicted octanol–water partition coefficient (Wildman–Crippen LogP) is 2.08. The number of carboxylic acid groups (broad SMARTS) is 1. The molecule has 118 valence electrons. The van der Waals surface area contributed by atoms with Gasteiger partial charge in [-0.15, -0.1) is 0 Å². The number of aliphatic carboxylic acids is 1. The molecule has 0 spiro atoms. The van der Waals surface area contributed by atoms with Crippen molar-refractivity contribution in [3.63, 3.8) is 0 Å². The molecule has 0 aliphatic rings. The molecule has 1 heterocycles. The molecule has 0 bridgehead atoms. The molecule has 0 saturated carbocycles. The zero-order valence-corrected chi connectivity index (χ0v) is 13.0. The van der Waals surface area contributed by atoms with Crippen LogP contribution >= 0.6 is 0 Å². The second-order valence-corrected chi connectivity index (χ2v) is 5.19. The second-order valence-electron chi connectivity index (χ2n) is 5.19. The van der Waals surface area contributed by atoms with Crippen molar-refractivity contribution in [3.8, 4) is 0 Å². The van der Waals surface area contributed by atoms with Gasteiger partial charge in [0.2, 0.25) is 5.89 Å². The highest BCUT2D eigenvalue weighted by Crippen LogP contribution is 2.08. The normalized spacial score (nSPS) is 10.7. The fourth-order valence-electron chi connectivity index (χ4n) is 1.86. The number of urea groups is 1. The van der Waals surface area contributed by atoms with E-state index in [-0.39, 0.29) is 25.0 Å². The minimum Gasteiger partial charge on any atom is -0.481 e. The Kier molecular flexibility index (Phi) is 6.20. The molecule has 0 aromatic carbocycles. The Hall–Kier alpha value is -2.05. The van der Waals surface area contributed by atoms with E-state index in [0.29, 0.717) is 18.9 Å². The molecule has 0 aliphatic heterocycles. The lowest BCUT2D eigenvalue weighted by molar-refractivity contribution is -0.137. The van der Waals surface area contributed by atoms with Gasteiger partial charge in [-0.2, -0.15) is 0 Å². The van der Waals surface area contributed by atoms with Gasteiger partial charge >= 0.3 is 12.0 Å². The Morgan fingerprint density at radius 3 is 2.52 bits per heavy atom. The van der Waals surface area contributed by atoms with Crippen molar-refractivity contribution < 1.29 is 19.1 Å². The summed E-state index contributed by atoms with van der Waals surface area (Å²) in [6.45, 7) is 8.06. The monoisotopic (exact) mass is 297 g/mol. The Morgan fingerprint density at radius 2 is 2.05 bits per heavy atom. The molecular formula is C14H23N3O4. The molecule has 1 aromatic heterocycles. The summed E-state index contributed by atoms with van der Waals surface area (Å²) in [5.74, 6) is 0.346. The van der Waals surface area contributed by atoms with Crippen LogP contribution in [-0.4, -0.2) is 39.6 Å². The van der Waals surface area contributed by atoms with Crippen molar-refractivity contribution in [3.05, 3.63) is 17.3 Å². The van der Waals surface area contributed by atoms with Gasteiger partial charge in [0.1, 0.15) is 5.76 Å². The first-order chi connectivity index (χ1) is 9.81. The van der Waals surface area contributed by atoms with Gasteiger partial charge in [-0.25, -0.2) is 9.78 Å². The van der Waals surface area contributed by atoms with Gasteiger partial charge < -0.3 is 19.7 Å². The van der Waals surface area contributed by atoms with Crippen molar-refractivity contribution in [1.82, 2.24) is 15.2 Å². The molecule has 0 saturated heterocycles. The summed E-state index contributed by atoms with van der Waals surface area (Å²) < 4.78 is 5.40. The summed E-state index contributed by atoms with van der Waals surface area (Å²) in [5, 5.41) is 11.4. The first-order valence-electron chi connectivity index (χ1n) is 7.00. The maximum atomic E-state index is 12.1. The number of carbonyl (C=O) groups excluding carboxylic acids is 1. The summed E-state index contributed by atoms with van der Waals surface area (Å²) in [7, 11) is 0. The lowest BCUT2D eigenvalue weighted by Crippen LogP contribution is -2.44. The van der Waals surface area contributed by atoms with Crippen LogP contribution in [0.25, 0.3) is 0 Å². The summed E-state index contributed by atoms with van der Waals surface area (Å²) in [6, 6.07) is -0.254. The number of amides is 2. The minimum absolute atomic E-state index is 0.00757. The number of nitrogens with zero attached hydrogens (tertiary/aromatic N) is 2. The van der Waals surface area contributed by atoms with Crippen molar-refractivity contribution >= 4 is 12.0 Å². The number of hydrogen-bond donors (Lipinski definition) is 2. The lowest BCUT2D eigenvalue weighted by atomic mass is 10.2. The van der Waals surface area contributed by atoms with Crippen LogP contribution in [0.3, 0.4) is 0 Å². The van der Waals surface area contributed by atoms with Gasteiger partial charge in [-0.1, -0.05) is 0 Å². The van der Waals surface area contributed by atoms with Crippen LogP contribution in [0.2, 0.25) is 0 Å². The van der Waals surface area contributed by atoms with Crippen LogP contribution in [0, 0.1) is 13.8 Å². The molecule has 0 atom stereocenters. The zero-order chi connectivity index (χ0) is 16.0. The molecule has 2 amide bonds. The molecule has 0 aliphatic carbocycles. The number of oxazole rings is 1. The van der Waals surface area contributed by atoms with E-state index in [9.17, 15) is 9.59 Å². The van der Waals surface area contributed by atoms with Gasteiger partial charge in [0.05, 0.1) is 12.2 Å². The third kappa shape index (κ3) is 5.45. The number of aryl methyl sites for hydroxylation is 2. The largest absolute Gasteiger partial charge is 0.481 e. The quantitative estimate of drug-likeness (QED) is 0.803. The van der Waals surface area contributed by atoms with Gasteiger partial charge in [0, 0.05) is 19.0 Å². The number of rotatable bonds is 7. The Labute approximate surface area is 124 Å². The molecule has 1 rings (SSSR count). The summed E-state index contributed by atoms with van der Waals surface area (Å²) in [5.41, 5.74) is 0.807. The molecule has 1 aromatic rings. The minimum atomic E-state index is -0.857. The standard InChI is InChI=1S/C14H23N3O4/c1-9(2)17(7-5-6-13(18)19)14(20)15-8-12-16-10(3)11(4)21-12/h9H,5-8H2,1-4H3,(H,15,20)(H,18,19). The van der Waals surface area contributed by atoms with Gasteiger partial charge in [0.15, 0.2) is 0 Å². The van der Waals surface area contributed by atoms with Crippen LogP contribution in [0.1, 0.15) is 44.0 Å². The Morgan fingerprint density at radius 1 is 1.38 bits per heavy atom. The van der Waals surface area contributed by atoms with Crippen molar-refractivity contribution in [2.75, 3.05) is 6.54 Å². The summed E-state index contributed by atoms with van der Waals surface area (Å²) in [4.78, 5) is 28.4. The fraction of sp³-hybridized carbons (Fsp3) is 0.643. The van der Waals surface area contributed by atoms with E-state index in [1.54, 1.807) is 4.90 Å². The number of nitrogens with one attached hydrogen (secondary N) is 1. The molecule has 7 heteroatoms. The van der Waals surface area contributed by atoms with Gasteiger partial charge in [-0.3, -0.25) is 4.79 Å². The van der Waals surface area contributed by atoms with E-state index < -0.39 is 5.97 Å². The van der Waals surface area contributed by atoms with Crippen LogP contribution in [0.15, 0.2) is 4.42 Å². The molecule has 21 heavy (non-hydrogen) atoms.